The molecule has 3 rings (SSSR count). The van der Waals surface area contributed by atoms with Gasteiger partial charge >= 0.3 is 6.03 Å². The van der Waals surface area contributed by atoms with Crippen LogP contribution in [0.4, 0.5) is 14.9 Å². The minimum Gasteiger partial charge on any atom is -0.325 e. The zero-order valence-electron chi connectivity index (χ0n) is 14.2. The summed E-state index contributed by atoms with van der Waals surface area (Å²) in [7, 11) is 0. The van der Waals surface area contributed by atoms with Crippen LogP contribution in [-0.2, 0) is 15.1 Å². The van der Waals surface area contributed by atoms with Gasteiger partial charge in [-0.3, -0.25) is 14.5 Å². The molecule has 2 aromatic rings. The van der Waals surface area contributed by atoms with Gasteiger partial charge in [-0.25, -0.2) is 9.18 Å². The third kappa shape index (κ3) is 3.15. The number of rotatable bonds is 5. The number of nitrogens with zero attached hydrogens (tertiary/aromatic N) is 1. The van der Waals surface area contributed by atoms with Crippen LogP contribution in [0.15, 0.2) is 54.6 Å². The maximum Gasteiger partial charge on any atom is 0.325 e. The van der Waals surface area contributed by atoms with Crippen molar-refractivity contribution in [3.05, 3.63) is 66.0 Å². The second kappa shape index (κ2) is 6.95. The van der Waals surface area contributed by atoms with E-state index in [4.69, 9.17) is 0 Å². The first-order valence-corrected chi connectivity index (χ1v) is 8.21. The van der Waals surface area contributed by atoms with E-state index in [1.165, 1.54) is 24.3 Å². The smallest absolute Gasteiger partial charge is 0.325 e. The van der Waals surface area contributed by atoms with E-state index in [2.05, 4.69) is 10.6 Å². The first-order chi connectivity index (χ1) is 12.5. The van der Waals surface area contributed by atoms with E-state index in [0.29, 0.717) is 17.7 Å². The molecule has 0 unspecified atom stereocenters. The Bertz CT molecular complexity index is 839. The van der Waals surface area contributed by atoms with Crippen molar-refractivity contribution in [1.82, 2.24) is 10.2 Å². The van der Waals surface area contributed by atoms with E-state index in [1.807, 2.05) is 6.07 Å². The standard InChI is InChI=1S/C19H18FN3O3/c1-2-19(13-6-4-3-5-7-13)17(25)23(18(26)22-19)12-16(24)21-15-10-8-14(20)9-11-15/h3-11H,2,12H2,1H3,(H,21,24)(H,22,26)/t19-/m0/s1. The highest BCUT2D eigenvalue weighted by Gasteiger charge is 2.51. The zero-order valence-corrected chi connectivity index (χ0v) is 14.2. The van der Waals surface area contributed by atoms with Crippen molar-refractivity contribution < 1.29 is 18.8 Å². The Balaban J connectivity index is 1.76. The van der Waals surface area contributed by atoms with Gasteiger partial charge in [-0.05, 0) is 36.2 Å². The van der Waals surface area contributed by atoms with Gasteiger partial charge in [-0.1, -0.05) is 37.3 Å². The quantitative estimate of drug-likeness (QED) is 0.810. The molecule has 0 aliphatic carbocycles. The molecule has 4 amide bonds. The molecule has 1 heterocycles. The number of hydrogen-bond donors (Lipinski definition) is 2. The number of hydrogen-bond acceptors (Lipinski definition) is 3. The molecule has 6 nitrogen and oxygen atoms in total. The third-order valence-electron chi connectivity index (χ3n) is 4.40. The minimum atomic E-state index is -1.17. The topological polar surface area (TPSA) is 78.5 Å². The van der Waals surface area contributed by atoms with Crippen LogP contribution in [0.2, 0.25) is 0 Å². The molecule has 1 aliphatic rings. The van der Waals surface area contributed by atoms with Crippen molar-refractivity contribution in [2.24, 2.45) is 0 Å². The van der Waals surface area contributed by atoms with E-state index < -0.39 is 35.7 Å². The summed E-state index contributed by atoms with van der Waals surface area (Å²) in [6.07, 6.45) is 0.359. The lowest BCUT2D eigenvalue weighted by Gasteiger charge is -2.25. The van der Waals surface area contributed by atoms with Crippen LogP contribution in [0.3, 0.4) is 0 Å². The maximum absolute atomic E-state index is 12.9. The SMILES string of the molecule is CC[C@@]1(c2ccccc2)NC(=O)N(CC(=O)Nc2ccc(F)cc2)C1=O. The molecule has 2 N–H and O–H groups in total. The number of halogens is 1. The Morgan fingerprint density at radius 1 is 1.12 bits per heavy atom. The van der Waals surface area contributed by atoms with Crippen molar-refractivity contribution in [1.29, 1.82) is 0 Å². The molecule has 1 fully saturated rings. The van der Waals surface area contributed by atoms with E-state index in [1.54, 1.807) is 31.2 Å². The Labute approximate surface area is 150 Å². The summed E-state index contributed by atoms with van der Waals surface area (Å²) in [6, 6.07) is 13.5. The summed E-state index contributed by atoms with van der Waals surface area (Å²) >= 11 is 0. The number of nitrogens with one attached hydrogen (secondary N) is 2. The maximum atomic E-state index is 12.9. The van der Waals surface area contributed by atoms with E-state index in [-0.39, 0.29) is 0 Å². The molecule has 0 bridgehead atoms. The number of carbonyl (C=O) groups excluding carboxylic acids is 3. The van der Waals surface area contributed by atoms with Crippen LogP contribution in [-0.4, -0.2) is 29.3 Å². The Morgan fingerprint density at radius 2 is 1.77 bits per heavy atom. The second-order valence-electron chi connectivity index (χ2n) is 6.00. The Hall–Kier alpha value is -3.22. The highest BCUT2D eigenvalue weighted by Crippen LogP contribution is 2.32. The van der Waals surface area contributed by atoms with E-state index in [0.717, 1.165) is 4.90 Å². The van der Waals surface area contributed by atoms with Crippen molar-refractivity contribution in [3.63, 3.8) is 0 Å². The fourth-order valence-electron chi connectivity index (χ4n) is 3.01. The minimum absolute atomic E-state index is 0.359. The third-order valence-corrected chi connectivity index (χ3v) is 4.40. The van der Waals surface area contributed by atoms with Crippen LogP contribution in [0.25, 0.3) is 0 Å². The molecule has 1 aliphatic heterocycles. The molecular weight excluding hydrogens is 337 g/mol. The van der Waals surface area contributed by atoms with E-state index >= 15 is 0 Å². The normalized spacial score (nSPS) is 19.4. The molecule has 1 saturated heterocycles. The summed E-state index contributed by atoms with van der Waals surface area (Å²) in [5.74, 6) is -1.43. The highest BCUT2D eigenvalue weighted by atomic mass is 19.1. The predicted octanol–water partition coefficient (Wildman–Crippen LogP) is 2.62. The van der Waals surface area contributed by atoms with Gasteiger partial charge in [-0.15, -0.1) is 0 Å². The van der Waals surface area contributed by atoms with Crippen molar-refractivity contribution in [2.75, 3.05) is 11.9 Å². The summed E-state index contributed by atoms with van der Waals surface area (Å²) < 4.78 is 12.9. The van der Waals surface area contributed by atoms with Crippen molar-refractivity contribution in [3.8, 4) is 0 Å². The van der Waals surface area contributed by atoms with Crippen molar-refractivity contribution >= 4 is 23.5 Å². The van der Waals surface area contributed by atoms with Crippen LogP contribution < -0.4 is 10.6 Å². The molecule has 134 valence electrons. The number of benzene rings is 2. The molecule has 0 aromatic heterocycles. The van der Waals surface area contributed by atoms with Crippen LogP contribution in [0, 0.1) is 5.82 Å². The Kier molecular flexibility index (Phi) is 4.71. The van der Waals surface area contributed by atoms with E-state index in [9.17, 15) is 18.8 Å². The van der Waals surface area contributed by atoms with Gasteiger partial charge < -0.3 is 10.6 Å². The predicted molar refractivity (Wildman–Crippen MR) is 93.7 cm³/mol. The fourth-order valence-corrected chi connectivity index (χ4v) is 3.01. The monoisotopic (exact) mass is 355 g/mol. The lowest BCUT2D eigenvalue weighted by atomic mass is 9.87. The average Bonchev–Trinajstić information content (AvgIpc) is 2.89. The first kappa shape index (κ1) is 17.6. The highest BCUT2D eigenvalue weighted by molar-refractivity contribution is 6.10. The number of amides is 4. The summed E-state index contributed by atoms with van der Waals surface area (Å²) in [5, 5.41) is 5.26. The fraction of sp³-hybridized carbons (Fsp3) is 0.211. The molecule has 0 spiro atoms. The lowest BCUT2D eigenvalue weighted by Crippen LogP contribution is -2.44. The molecule has 2 aromatic carbocycles. The molecule has 7 heteroatoms. The summed E-state index contributed by atoms with van der Waals surface area (Å²) in [5.41, 5.74) is -0.121. The lowest BCUT2D eigenvalue weighted by molar-refractivity contribution is -0.134. The van der Waals surface area contributed by atoms with Gasteiger partial charge in [0.1, 0.15) is 17.9 Å². The molecule has 0 radical (unpaired) electrons. The van der Waals surface area contributed by atoms with Gasteiger partial charge in [0, 0.05) is 5.69 Å². The van der Waals surface area contributed by atoms with Crippen LogP contribution in [0.1, 0.15) is 18.9 Å². The number of urea groups is 1. The molecule has 1 atom stereocenters. The molecule has 0 saturated carbocycles. The second-order valence-corrected chi connectivity index (χ2v) is 6.00. The van der Waals surface area contributed by atoms with Gasteiger partial charge in [0.15, 0.2) is 0 Å². The van der Waals surface area contributed by atoms with Crippen molar-refractivity contribution in [2.45, 2.75) is 18.9 Å². The van der Waals surface area contributed by atoms with Gasteiger partial charge in [-0.2, -0.15) is 0 Å². The van der Waals surface area contributed by atoms with Crippen LogP contribution in [0.5, 0.6) is 0 Å². The average molecular weight is 355 g/mol. The first-order valence-electron chi connectivity index (χ1n) is 8.21. The zero-order chi connectivity index (χ0) is 18.7. The van der Waals surface area contributed by atoms with Gasteiger partial charge in [0.25, 0.3) is 5.91 Å². The number of carbonyl (C=O) groups is 3. The number of anilines is 1. The van der Waals surface area contributed by atoms with Gasteiger partial charge in [0.05, 0.1) is 0 Å². The van der Waals surface area contributed by atoms with Crippen LogP contribution >= 0.6 is 0 Å². The Morgan fingerprint density at radius 3 is 2.38 bits per heavy atom. The molecule has 26 heavy (non-hydrogen) atoms. The largest absolute Gasteiger partial charge is 0.325 e. The van der Waals surface area contributed by atoms with Gasteiger partial charge in [0.2, 0.25) is 5.91 Å². The summed E-state index contributed by atoms with van der Waals surface area (Å²) in [4.78, 5) is 38.3. The summed E-state index contributed by atoms with van der Waals surface area (Å²) in [6.45, 7) is 1.38. The molecular formula is C19H18FN3O3. The number of imide groups is 1.